The molecule has 1 fully saturated rings. The summed E-state index contributed by atoms with van der Waals surface area (Å²) >= 11 is 1.08. The summed E-state index contributed by atoms with van der Waals surface area (Å²) in [5, 5.41) is 23.2. The number of nitrogens with one attached hydrogen (secondary N) is 1. The second-order valence-corrected chi connectivity index (χ2v) is 7.31. The van der Waals surface area contributed by atoms with E-state index in [9.17, 15) is 14.7 Å². The molecule has 3 rings (SSSR count). The number of carboxylic acids is 1. The maximum Gasteiger partial charge on any atom is 0.307 e. The molecular weight excluding hydrogens is 324 g/mol. The summed E-state index contributed by atoms with van der Waals surface area (Å²) in [4.78, 5) is 25.2. The second kappa shape index (κ2) is 6.33. The number of carbonyl (C=O) groups excluding carboxylic acids is 1. The smallest absolute Gasteiger partial charge is 0.307 e. The highest BCUT2D eigenvalue weighted by molar-refractivity contribution is 8.03. The molecule has 0 spiro atoms. The van der Waals surface area contributed by atoms with Crippen molar-refractivity contribution in [2.45, 2.75) is 25.2 Å². The predicted octanol–water partition coefficient (Wildman–Crippen LogP) is 3.34. The third-order valence-corrected chi connectivity index (χ3v) is 5.53. The van der Waals surface area contributed by atoms with Crippen molar-refractivity contribution < 1.29 is 14.7 Å². The van der Waals surface area contributed by atoms with Gasteiger partial charge < -0.3 is 10.4 Å². The van der Waals surface area contributed by atoms with Crippen LogP contribution in [0.1, 0.15) is 17.5 Å². The maximum absolute atomic E-state index is 12.8. The summed E-state index contributed by atoms with van der Waals surface area (Å²) in [6.07, 6.45) is 4.64. The number of nitriles is 1. The lowest BCUT2D eigenvalue weighted by molar-refractivity contribution is -0.146. The normalized spacial score (nSPS) is 27.0. The zero-order chi connectivity index (χ0) is 17.4. The first kappa shape index (κ1) is 16.6. The van der Waals surface area contributed by atoms with Crippen LogP contribution in [0.2, 0.25) is 0 Å². The van der Waals surface area contributed by atoms with Crippen molar-refractivity contribution in [1.29, 1.82) is 5.26 Å². The number of thiocyanates is 1. The van der Waals surface area contributed by atoms with Gasteiger partial charge in [0.1, 0.15) is 5.40 Å². The van der Waals surface area contributed by atoms with Gasteiger partial charge in [0.2, 0.25) is 5.91 Å². The van der Waals surface area contributed by atoms with Crippen LogP contribution < -0.4 is 5.32 Å². The van der Waals surface area contributed by atoms with Gasteiger partial charge in [-0.3, -0.25) is 9.59 Å². The van der Waals surface area contributed by atoms with Crippen molar-refractivity contribution in [3.8, 4) is 5.40 Å². The molecule has 0 unspecified atom stereocenters. The Labute approximate surface area is 144 Å². The molecule has 124 valence electrons. The Balaban J connectivity index is 1.84. The molecule has 1 aromatic rings. The van der Waals surface area contributed by atoms with E-state index in [-0.39, 0.29) is 17.7 Å². The molecule has 0 aromatic heterocycles. The van der Waals surface area contributed by atoms with E-state index in [0.717, 1.165) is 34.2 Å². The van der Waals surface area contributed by atoms with Gasteiger partial charge in [-0.25, -0.2) is 0 Å². The highest BCUT2D eigenvalue weighted by atomic mass is 32.2. The fraction of sp³-hybridized carbons (Fsp3) is 0.389. The largest absolute Gasteiger partial charge is 0.481 e. The Bertz CT molecular complexity index is 758. The standard InChI is InChI=1S/C18H18N2O3S/c1-9-5-13(24-8-19)6-10(2)16(9)20-17(21)14-11-3-4-12(7-11)15(14)18(22)23/h3-6,11-12,14-15H,7H2,1-2H3,(H,20,21)(H,22,23)/t11-,12-,14-,15-/m0/s1. The van der Waals surface area contributed by atoms with Crippen molar-refractivity contribution in [3.63, 3.8) is 0 Å². The van der Waals surface area contributed by atoms with E-state index in [4.69, 9.17) is 5.26 Å². The Morgan fingerprint density at radius 2 is 1.79 bits per heavy atom. The fourth-order valence-electron chi connectivity index (χ4n) is 3.96. The van der Waals surface area contributed by atoms with E-state index in [1.54, 1.807) is 0 Å². The summed E-state index contributed by atoms with van der Waals surface area (Å²) in [6.45, 7) is 3.75. The number of amides is 1. The second-order valence-electron chi connectivity index (χ2n) is 6.45. The van der Waals surface area contributed by atoms with Crippen molar-refractivity contribution in [1.82, 2.24) is 0 Å². The third kappa shape index (κ3) is 2.80. The lowest BCUT2D eigenvalue weighted by atomic mass is 9.82. The number of thioether (sulfide) groups is 1. The van der Waals surface area contributed by atoms with E-state index in [2.05, 4.69) is 5.32 Å². The van der Waals surface area contributed by atoms with Crippen molar-refractivity contribution >= 4 is 29.3 Å². The lowest BCUT2D eigenvalue weighted by Gasteiger charge is -2.24. The number of carbonyl (C=O) groups is 2. The number of aliphatic carboxylic acids is 1. The summed E-state index contributed by atoms with van der Waals surface area (Å²) in [6, 6.07) is 3.71. The minimum absolute atomic E-state index is 0.00475. The van der Waals surface area contributed by atoms with Gasteiger partial charge in [-0.15, -0.1) is 0 Å². The van der Waals surface area contributed by atoms with Crippen LogP contribution >= 0.6 is 11.8 Å². The van der Waals surface area contributed by atoms with Crippen molar-refractivity contribution in [2.24, 2.45) is 23.7 Å². The van der Waals surface area contributed by atoms with Gasteiger partial charge in [0.15, 0.2) is 0 Å². The number of hydrogen-bond acceptors (Lipinski definition) is 4. The number of rotatable bonds is 4. The van der Waals surface area contributed by atoms with Crippen LogP contribution in [-0.4, -0.2) is 17.0 Å². The molecule has 1 saturated carbocycles. The van der Waals surface area contributed by atoms with Crippen molar-refractivity contribution in [3.05, 3.63) is 35.4 Å². The predicted molar refractivity (Wildman–Crippen MR) is 91.4 cm³/mol. The van der Waals surface area contributed by atoms with Crippen LogP contribution in [0.25, 0.3) is 0 Å². The SMILES string of the molecule is Cc1cc(SC#N)cc(C)c1NC(=O)[C@@H]1[C@@H](C(=O)O)[C@H]2C=C[C@H]1C2. The quantitative estimate of drug-likeness (QED) is 0.497. The molecule has 0 radical (unpaired) electrons. The molecule has 2 N–H and O–H groups in total. The molecule has 2 aliphatic rings. The number of nitrogens with zero attached hydrogens (tertiary/aromatic N) is 1. The molecular formula is C18H18N2O3S. The number of anilines is 1. The molecule has 5 nitrogen and oxygen atoms in total. The molecule has 0 heterocycles. The minimum Gasteiger partial charge on any atom is -0.481 e. The number of aryl methyl sites for hydroxylation is 2. The van der Waals surface area contributed by atoms with Gasteiger partial charge in [-0.2, -0.15) is 5.26 Å². The monoisotopic (exact) mass is 342 g/mol. The van der Waals surface area contributed by atoms with Gasteiger partial charge in [-0.05, 0) is 67.1 Å². The highest BCUT2D eigenvalue weighted by Crippen LogP contribution is 2.48. The summed E-state index contributed by atoms with van der Waals surface area (Å²) in [7, 11) is 0. The average molecular weight is 342 g/mol. The Kier molecular flexibility index (Phi) is 4.37. The number of hydrogen-bond donors (Lipinski definition) is 2. The topological polar surface area (TPSA) is 90.2 Å². The van der Waals surface area contributed by atoms with Crippen LogP contribution in [0.3, 0.4) is 0 Å². The molecule has 4 atom stereocenters. The van der Waals surface area contributed by atoms with Crippen LogP contribution in [0.4, 0.5) is 5.69 Å². The van der Waals surface area contributed by atoms with E-state index < -0.39 is 17.8 Å². The Morgan fingerprint density at radius 1 is 1.21 bits per heavy atom. The third-order valence-electron chi connectivity index (χ3n) is 4.97. The minimum atomic E-state index is -0.902. The number of carboxylic acid groups (broad SMARTS) is 1. The van der Waals surface area contributed by atoms with Gasteiger partial charge in [0.05, 0.1) is 11.8 Å². The molecule has 6 heteroatoms. The summed E-state index contributed by atoms with van der Waals surface area (Å²) in [5.41, 5.74) is 2.44. The summed E-state index contributed by atoms with van der Waals surface area (Å²) in [5.74, 6) is -2.34. The zero-order valence-electron chi connectivity index (χ0n) is 13.4. The van der Waals surface area contributed by atoms with Crippen LogP contribution in [0.15, 0.2) is 29.2 Å². The zero-order valence-corrected chi connectivity index (χ0v) is 14.3. The van der Waals surface area contributed by atoms with Crippen LogP contribution in [-0.2, 0) is 9.59 Å². The number of allylic oxidation sites excluding steroid dienone is 2. The number of fused-ring (bicyclic) bond motifs is 2. The van der Waals surface area contributed by atoms with E-state index in [1.807, 2.05) is 43.5 Å². The highest BCUT2D eigenvalue weighted by Gasteiger charge is 2.51. The molecule has 0 aliphatic heterocycles. The van der Waals surface area contributed by atoms with Gasteiger partial charge in [-0.1, -0.05) is 12.2 Å². The first-order valence-corrected chi connectivity index (χ1v) is 8.63. The van der Waals surface area contributed by atoms with E-state index in [0.29, 0.717) is 5.69 Å². The van der Waals surface area contributed by atoms with Gasteiger partial charge in [0.25, 0.3) is 0 Å². The molecule has 24 heavy (non-hydrogen) atoms. The molecule has 2 aliphatic carbocycles. The molecule has 2 bridgehead atoms. The van der Waals surface area contributed by atoms with Gasteiger partial charge in [0, 0.05) is 10.6 Å². The Morgan fingerprint density at radius 3 is 2.33 bits per heavy atom. The summed E-state index contributed by atoms with van der Waals surface area (Å²) < 4.78 is 0. The molecule has 1 amide bonds. The van der Waals surface area contributed by atoms with Crippen LogP contribution in [0.5, 0.6) is 0 Å². The first-order chi connectivity index (χ1) is 11.4. The van der Waals surface area contributed by atoms with Gasteiger partial charge >= 0.3 is 5.97 Å². The van der Waals surface area contributed by atoms with E-state index in [1.165, 1.54) is 0 Å². The van der Waals surface area contributed by atoms with Crippen molar-refractivity contribution in [2.75, 3.05) is 5.32 Å². The lowest BCUT2D eigenvalue weighted by Crippen LogP contribution is -2.36. The number of benzene rings is 1. The molecule has 1 aromatic carbocycles. The fourth-order valence-corrected chi connectivity index (χ4v) is 4.53. The van der Waals surface area contributed by atoms with E-state index >= 15 is 0 Å². The van der Waals surface area contributed by atoms with Crippen LogP contribution in [0, 0.1) is 48.2 Å². The molecule has 0 saturated heterocycles. The average Bonchev–Trinajstić information content (AvgIpc) is 3.11. The first-order valence-electron chi connectivity index (χ1n) is 7.81. The Hall–Kier alpha value is -2.26. The maximum atomic E-state index is 12.8.